The second-order valence-corrected chi connectivity index (χ2v) is 7.50. The SMILES string of the molecule is Cc1cc(C(=O)CCC(C)(C)CCC(=O)OC(C)(C)C)no1. The molecule has 0 fully saturated rings. The normalized spacial score (nSPS) is 12.3. The van der Waals surface area contributed by atoms with Crippen molar-refractivity contribution < 1.29 is 18.8 Å². The minimum absolute atomic E-state index is 0.0257. The van der Waals surface area contributed by atoms with Crippen molar-refractivity contribution >= 4 is 11.8 Å². The number of esters is 1. The fourth-order valence-corrected chi connectivity index (χ4v) is 2.04. The van der Waals surface area contributed by atoms with Gasteiger partial charge in [-0.15, -0.1) is 0 Å². The van der Waals surface area contributed by atoms with Crippen molar-refractivity contribution in [3.05, 3.63) is 17.5 Å². The molecule has 0 saturated carbocycles. The number of Topliss-reactive ketones (excluding diaryl/α,β-unsaturated/α-hetero) is 1. The molecule has 22 heavy (non-hydrogen) atoms. The van der Waals surface area contributed by atoms with Gasteiger partial charge in [-0.05, 0) is 46.0 Å². The Morgan fingerprint density at radius 1 is 1.14 bits per heavy atom. The molecule has 1 aromatic rings. The number of carbonyl (C=O) groups excluding carboxylic acids is 2. The topological polar surface area (TPSA) is 69.4 Å². The molecule has 0 N–H and O–H groups in total. The Hall–Kier alpha value is -1.65. The molecule has 1 aromatic heterocycles. The summed E-state index contributed by atoms with van der Waals surface area (Å²) in [7, 11) is 0. The quantitative estimate of drug-likeness (QED) is 0.560. The van der Waals surface area contributed by atoms with Crippen LogP contribution in [0.5, 0.6) is 0 Å². The minimum atomic E-state index is -0.456. The highest BCUT2D eigenvalue weighted by Crippen LogP contribution is 2.29. The number of hydrogen-bond acceptors (Lipinski definition) is 5. The van der Waals surface area contributed by atoms with Crippen LogP contribution in [0.2, 0.25) is 0 Å². The molecule has 0 unspecified atom stereocenters. The van der Waals surface area contributed by atoms with Crippen molar-refractivity contribution in [2.24, 2.45) is 5.41 Å². The molecule has 5 nitrogen and oxygen atoms in total. The third-order valence-corrected chi connectivity index (χ3v) is 3.37. The van der Waals surface area contributed by atoms with Gasteiger partial charge in [0.25, 0.3) is 0 Å². The number of nitrogens with zero attached hydrogens (tertiary/aromatic N) is 1. The number of ether oxygens (including phenoxy) is 1. The third-order valence-electron chi connectivity index (χ3n) is 3.37. The van der Waals surface area contributed by atoms with Crippen molar-refractivity contribution in [2.45, 2.75) is 72.8 Å². The summed E-state index contributed by atoms with van der Waals surface area (Å²) < 4.78 is 10.2. The standard InChI is InChI=1S/C17H27NO4/c1-12-11-13(18-22-12)14(19)7-9-17(5,6)10-8-15(20)21-16(2,3)4/h11H,7-10H2,1-6H3. The van der Waals surface area contributed by atoms with Gasteiger partial charge < -0.3 is 9.26 Å². The second kappa shape index (κ2) is 7.07. The van der Waals surface area contributed by atoms with Crippen molar-refractivity contribution in [3.8, 4) is 0 Å². The lowest BCUT2D eigenvalue weighted by Crippen LogP contribution is -2.25. The van der Waals surface area contributed by atoms with Gasteiger partial charge in [-0.25, -0.2) is 0 Å². The predicted octanol–water partition coefficient (Wildman–Crippen LogP) is 4.09. The summed E-state index contributed by atoms with van der Waals surface area (Å²) in [6.07, 6.45) is 2.14. The lowest BCUT2D eigenvalue weighted by atomic mass is 9.82. The Labute approximate surface area is 132 Å². The van der Waals surface area contributed by atoms with Gasteiger partial charge in [0.05, 0.1) is 0 Å². The molecular formula is C17H27NO4. The maximum Gasteiger partial charge on any atom is 0.306 e. The molecular weight excluding hydrogens is 282 g/mol. The Kier molecular flexibility index (Phi) is 5.92. The monoisotopic (exact) mass is 309 g/mol. The zero-order valence-electron chi connectivity index (χ0n) is 14.5. The van der Waals surface area contributed by atoms with E-state index < -0.39 is 5.60 Å². The Morgan fingerprint density at radius 3 is 2.23 bits per heavy atom. The summed E-state index contributed by atoms with van der Waals surface area (Å²) in [5, 5.41) is 3.73. The van der Waals surface area contributed by atoms with E-state index in [0.717, 1.165) is 0 Å². The minimum Gasteiger partial charge on any atom is -0.460 e. The lowest BCUT2D eigenvalue weighted by Gasteiger charge is -2.25. The summed E-state index contributed by atoms with van der Waals surface area (Å²) in [5.41, 5.74) is -0.187. The molecule has 5 heteroatoms. The molecule has 1 rings (SSSR count). The maximum atomic E-state index is 12.0. The molecule has 0 amide bonds. The zero-order valence-corrected chi connectivity index (χ0v) is 14.5. The first-order valence-electron chi connectivity index (χ1n) is 7.67. The number of ketones is 1. The first-order valence-corrected chi connectivity index (χ1v) is 7.67. The number of hydrogen-bond donors (Lipinski definition) is 0. The predicted molar refractivity (Wildman–Crippen MR) is 83.7 cm³/mol. The van der Waals surface area contributed by atoms with Gasteiger partial charge in [0.2, 0.25) is 0 Å². The van der Waals surface area contributed by atoms with Crippen molar-refractivity contribution in [1.29, 1.82) is 0 Å². The summed E-state index contributed by atoms with van der Waals surface area (Å²) in [6, 6.07) is 1.65. The highest BCUT2D eigenvalue weighted by atomic mass is 16.6. The van der Waals surface area contributed by atoms with Gasteiger partial charge in [-0.1, -0.05) is 19.0 Å². The third kappa shape index (κ3) is 6.87. The Bertz CT molecular complexity index is 523. The van der Waals surface area contributed by atoms with E-state index in [4.69, 9.17) is 9.26 Å². The van der Waals surface area contributed by atoms with Gasteiger partial charge in [-0.3, -0.25) is 9.59 Å². The second-order valence-electron chi connectivity index (χ2n) is 7.50. The van der Waals surface area contributed by atoms with Crippen LogP contribution < -0.4 is 0 Å². The molecule has 0 aromatic carbocycles. The van der Waals surface area contributed by atoms with E-state index in [1.807, 2.05) is 20.8 Å². The van der Waals surface area contributed by atoms with Gasteiger partial charge >= 0.3 is 5.97 Å². The van der Waals surface area contributed by atoms with Crippen LogP contribution in [0.15, 0.2) is 10.6 Å². The number of rotatable bonds is 7. The largest absolute Gasteiger partial charge is 0.460 e. The molecule has 1 heterocycles. The summed E-state index contributed by atoms with van der Waals surface area (Å²) in [5.74, 6) is 0.411. The molecule has 0 aliphatic carbocycles. The fraction of sp³-hybridized carbons (Fsp3) is 0.706. The van der Waals surface area contributed by atoms with Crippen molar-refractivity contribution in [3.63, 3.8) is 0 Å². The fourth-order valence-electron chi connectivity index (χ4n) is 2.04. The Morgan fingerprint density at radius 2 is 1.73 bits per heavy atom. The average Bonchev–Trinajstić information content (AvgIpc) is 2.79. The van der Waals surface area contributed by atoms with E-state index in [2.05, 4.69) is 19.0 Å². The van der Waals surface area contributed by atoms with Crippen molar-refractivity contribution in [2.75, 3.05) is 0 Å². The van der Waals surface area contributed by atoms with Crippen LogP contribution >= 0.6 is 0 Å². The van der Waals surface area contributed by atoms with Gasteiger partial charge in [-0.2, -0.15) is 0 Å². The molecule has 0 saturated heterocycles. The summed E-state index contributed by atoms with van der Waals surface area (Å²) in [4.78, 5) is 23.8. The molecule has 0 atom stereocenters. The smallest absolute Gasteiger partial charge is 0.306 e. The summed E-state index contributed by atoms with van der Waals surface area (Å²) in [6.45, 7) is 11.4. The van der Waals surface area contributed by atoms with Crippen LogP contribution in [0.4, 0.5) is 0 Å². The lowest BCUT2D eigenvalue weighted by molar-refractivity contribution is -0.155. The number of carbonyl (C=O) groups is 2. The molecule has 0 aliphatic heterocycles. The van der Waals surface area contributed by atoms with Crippen molar-refractivity contribution in [1.82, 2.24) is 5.16 Å². The number of aromatic nitrogens is 1. The first kappa shape index (κ1) is 18.4. The first-order chi connectivity index (χ1) is 9.98. The highest BCUT2D eigenvalue weighted by molar-refractivity contribution is 5.94. The van der Waals surface area contributed by atoms with Gasteiger partial charge in [0, 0.05) is 18.9 Å². The van der Waals surface area contributed by atoms with Crippen LogP contribution in [-0.2, 0) is 9.53 Å². The maximum absolute atomic E-state index is 12.0. The van der Waals surface area contributed by atoms with Gasteiger partial charge in [0.1, 0.15) is 17.1 Å². The molecule has 0 spiro atoms. The molecule has 0 bridgehead atoms. The van der Waals surface area contributed by atoms with E-state index in [1.54, 1.807) is 13.0 Å². The van der Waals surface area contributed by atoms with E-state index in [9.17, 15) is 9.59 Å². The van der Waals surface area contributed by atoms with Crippen LogP contribution in [0, 0.1) is 12.3 Å². The zero-order chi connectivity index (χ0) is 17.0. The van der Waals surface area contributed by atoms with E-state index in [1.165, 1.54) is 0 Å². The molecule has 0 radical (unpaired) electrons. The van der Waals surface area contributed by atoms with Crippen LogP contribution in [0.25, 0.3) is 0 Å². The highest BCUT2D eigenvalue weighted by Gasteiger charge is 2.24. The average molecular weight is 309 g/mol. The summed E-state index contributed by atoms with van der Waals surface area (Å²) >= 11 is 0. The molecule has 124 valence electrons. The van der Waals surface area contributed by atoms with Gasteiger partial charge in [0.15, 0.2) is 5.78 Å². The van der Waals surface area contributed by atoms with Crippen LogP contribution in [-0.4, -0.2) is 22.5 Å². The van der Waals surface area contributed by atoms with E-state index in [-0.39, 0.29) is 17.2 Å². The van der Waals surface area contributed by atoms with Crippen LogP contribution in [0.3, 0.4) is 0 Å². The van der Waals surface area contributed by atoms with Crippen LogP contribution in [0.1, 0.15) is 76.6 Å². The van der Waals surface area contributed by atoms with E-state index >= 15 is 0 Å². The van der Waals surface area contributed by atoms with E-state index in [0.29, 0.717) is 37.1 Å². The molecule has 0 aliphatic rings. The Balaban J connectivity index is 2.40. The number of aryl methyl sites for hydroxylation is 1.